The topological polar surface area (TPSA) is 83.6 Å². The van der Waals surface area contributed by atoms with E-state index in [-0.39, 0.29) is 24.9 Å². The molecule has 1 unspecified atom stereocenters. The Balaban J connectivity index is 4.63. The van der Waals surface area contributed by atoms with Gasteiger partial charge in [0.2, 0.25) is 5.91 Å². The second-order valence-corrected chi connectivity index (χ2v) is 4.84. The van der Waals surface area contributed by atoms with Gasteiger partial charge in [-0.3, -0.25) is 9.59 Å². The SMILES string of the molecule is CCC(C)N(CC(=O)O)C(=O)CC(C)(C)N. The number of nitrogens with zero attached hydrogens (tertiary/aromatic N) is 1. The minimum absolute atomic E-state index is 0.0778. The van der Waals surface area contributed by atoms with Crippen molar-refractivity contribution in [2.75, 3.05) is 6.54 Å². The highest BCUT2D eigenvalue weighted by Crippen LogP contribution is 2.11. The molecule has 0 rings (SSSR count). The van der Waals surface area contributed by atoms with Crippen molar-refractivity contribution in [3.8, 4) is 0 Å². The predicted molar refractivity (Wildman–Crippen MR) is 62.0 cm³/mol. The summed E-state index contributed by atoms with van der Waals surface area (Å²) in [5, 5.41) is 8.75. The van der Waals surface area contributed by atoms with E-state index in [4.69, 9.17) is 10.8 Å². The van der Waals surface area contributed by atoms with Gasteiger partial charge in [0.15, 0.2) is 0 Å². The Labute approximate surface area is 96.6 Å². The molecule has 0 heterocycles. The average Bonchev–Trinajstić information content (AvgIpc) is 2.09. The number of carboxylic acid groups (broad SMARTS) is 1. The molecule has 0 bridgehead atoms. The number of nitrogens with two attached hydrogens (primary N) is 1. The van der Waals surface area contributed by atoms with Gasteiger partial charge in [0.1, 0.15) is 6.54 Å². The van der Waals surface area contributed by atoms with E-state index >= 15 is 0 Å². The van der Waals surface area contributed by atoms with E-state index in [0.717, 1.165) is 6.42 Å². The molecule has 0 aromatic heterocycles. The Morgan fingerprint density at radius 3 is 2.25 bits per heavy atom. The van der Waals surface area contributed by atoms with Gasteiger partial charge in [0.05, 0.1) is 0 Å². The molecule has 0 saturated carbocycles. The zero-order valence-corrected chi connectivity index (χ0v) is 10.5. The van der Waals surface area contributed by atoms with E-state index in [0.29, 0.717) is 0 Å². The fourth-order valence-electron chi connectivity index (χ4n) is 1.35. The third kappa shape index (κ3) is 5.70. The molecule has 94 valence electrons. The summed E-state index contributed by atoms with van der Waals surface area (Å²) in [5.74, 6) is -1.20. The molecule has 0 spiro atoms. The summed E-state index contributed by atoms with van der Waals surface area (Å²) < 4.78 is 0. The zero-order valence-electron chi connectivity index (χ0n) is 10.5. The Hall–Kier alpha value is -1.10. The predicted octanol–water partition coefficient (Wildman–Crippen LogP) is 0.826. The first-order valence-corrected chi connectivity index (χ1v) is 5.47. The number of carboxylic acids is 1. The maximum Gasteiger partial charge on any atom is 0.323 e. The molecular weight excluding hydrogens is 208 g/mol. The summed E-state index contributed by atoms with van der Waals surface area (Å²) in [7, 11) is 0. The van der Waals surface area contributed by atoms with E-state index in [2.05, 4.69) is 0 Å². The Bertz CT molecular complexity index is 258. The summed E-state index contributed by atoms with van der Waals surface area (Å²) in [5.41, 5.74) is 5.14. The molecule has 1 atom stereocenters. The van der Waals surface area contributed by atoms with Crippen LogP contribution in [0.25, 0.3) is 0 Å². The molecule has 0 saturated heterocycles. The Kier molecular flexibility index (Phi) is 5.44. The van der Waals surface area contributed by atoms with Gasteiger partial charge >= 0.3 is 5.97 Å². The lowest BCUT2D eigenvalue weighted by Crippen LogP contribution is -2.46. The highest BCUT2D eigenvalue weighted by atomic mass is 16.4. The van der Waals surface area contributed by atoms with Gasteiger partial charge in [-0.1, -0.05) is 6.92 Å². The number of carbonyl (C=O) groups excluding carboxylic acids is 1. The molecule has 3 N–H and O–H groups in total. The van der Waals surface area contributed by atoms with E-state index in [1.165, 1.54) is 4.90 Å². The van der Waals surface area contributed by atoms with Crippen LogP contribution in [0.15, 0.2) is 0 Å². The third-order valence-corrected chi connectivity index (χ3v) is 2.36. The Morgan fingerprint density at radius 2 is 1.94 bits per heavy atom. The quantitative estimate of drug-likeness (QED) is 0.707. The number of hydrogen-bond donors (Lipinski definition) is 2. The van der Waals surface area contributed by atoms with Crippen LogP contribution < -0.4 is 5.73 Å². The molecular formula is C11H22N2O3. The van der Waals surface area contributed by atoms with Gasteiger partial charge in [-0.2, -0.15) is 0 Å². The summed E-state index contributed by atoms with van der Waals surface area (Å²) >= 11 is 0. The van der Waals surface area contributed by atoms with Crippen LogP contribution in [0.5, 0.6) is 0 Å². The van der Waals surface area contributed by atoms with E-state index < -0.39 is 11.5 Å². The fourth-order valence-corrected chi connectivity index (χ4v) is 1.35. The lowest BCUT2D eigenvalue weighted by molar-refractivity contribution is -0.146. The van der Waals surface area contributed by atoms with Crippen LogP contribution in [-0.4, -0.2) is 40.0 Å². The smallest absolute Gasteiger partial charge is 0.323 e. The summed E-state index contributed by atoms with van der Waals surface area (Å²) in [4.78, 5) is 23.9. The third-order valence-electron chi connectivity index (χ3n) is 2.36. The molecule has 0 aliphatic carbocycles. The van der Waals surface area contributed by atoms with E-state index in [1.54, 1.807) is 13.8 Å². The van der Waals surface area contributed by atoms with Gasteiger partial charge in [-0.25, -0.2) is 0 Å². The van der Waals surface area contributed by atoms with Gasteiger partial charge in [-0.15, -0.1) is 0 Å². The monoisotopic (exact) mass is 230 g/mol. The van der Waals surface area contributed by atoms with Gasteiger partial charge in [-0.05, 0) is 27.2 Å². The minimum atomic E-state index is -0.997. The van der Waals surface area contributed by atoms with Gasteiger partial charge in [0, 0.05) is 18.0 Å². The van der Waals surface area contributed by atoms with Crippen LogP contribution in [0.3, 0.4) is 0 Å². The standard InChI is InChI=1S/C11H22N2O3/c1-5-8(2)13(7-10(15)16)9(14)6-11(3,4)12/h8H,5-7,12H2,1-4H3,(H,15,16). The first-order chi connectivity index (χ1) is 7.17. The molecule has 0 aromatic carbocycles. The summed E-state index contributed by atoms with van der Waals surface area (Å²) in [6.07, 6.45) is 0.884. The summed E-state index contributed by atoms with van der Waals surface area (Å²) in [6.45, 7) is 7.00. The minimum Gasteiger partial charge on any atom is -0.480 e. The van der Waals surface area contributed by atoms with E-state index in [9.17, 15) is 9.59 Å². The second kappa shape index (κ2) is 5.84. The van der Waals surface area contributed by atoms with Crippen LogP contribution >= 0.6 is 0 Å². The molecule has 0 aliphatic rings. The summed E-state index contributed by atoms with van der Waals surface area (Å²) in [6, 6.07) is -0.0778. The molecule has 0 fully saturated rings. The van der Waals surface area contributed by atoms with E-state index in [1.807, 2.05) is 13.8 Å². The molecule has 5 nitrogen and oxygen atoms in total. The first kappa shape index (κ1) is 14.9. The van der Waals surface area contributed by atoms with Crippen LogP contribution in [0.2, 0.25) is 0 Å². The van der Waals surface area contributed by atoms with Crippen molar-refractivity contribution >= 4 is 11.9 Å². The number of aliphatic carboxylic acids is 1. The first-order valence-electron chi connectivity index (χ1n) is 5.47. The second-order valence-electron chi connectivity index (χ2n) is 4.84. The molecule has 16 heavy (non-hydrogen) atoms. The van der Waals surface area contributed by atoms with Crippen LogP contribution in [0.1, 0.15) is 40.5 Å². The molecule has 0 radical (unpaired) electrons. The lowest BCUT2D eigenvalue weighted by atomic mass is 10.0. The number of hydrogen-bond acceptors (Lipinski definition) is 3. The molecule has 0 aromatic rings. The van der Waals surface area contributed by atoms with Crippen molar-refractivity contribution in [1.82, 2.24) is 4.90 Å². The van der Waals surface area contributed by atoms with Crippen molar-refractivity contribution in [3.05, 3.63) is 0 Å². The largest absolute Gasteiger partial charge is 0.480 e. The number of carbonyl (C=O) groups is 2. The Morgan fingerprint density at radius 1 is 1.44 bits per heavy atom. The van der Waals surface area contributed by atoms with Crippen molar-refractivity contribution in [1.29, 1.82) is 0 Å². The average molecular weight is 230 g/mol. The normalized spacial score (nSPS) is 13.3. The van der Waals surface area contributed by atoms with Crippen molar-refractivity contribution in [2.45, 2.75) is 52.1 Å². The highest BCUT2D eigenvalue weighted by molar-refractivity contribution is 5.82. The van der Waals surface area contributed by atoms with Crippen LogP contribution in [0.4, 0.5) is 0 Å². The van der Waals surface area contributed by atoms with Crippen LogP contribution in [0, 0.1) is 0 Å². The van der Waals surface area contributed by atoms with Crippen LogP contribution in [-0.2, 0) is 9.59 Å². The molecule has 5 heteroatoms. The molecule has 1 amide bonds. The van der Waals surface area contributed by atoms with Crippen molar-refractivity contribution in [2.24, 2.45) is 5.73 Å². The fraction of sp³-hybridized carbons (Fsp3) is 0.818. The lowest BCUT2D eigenvalue weighted by Gasteiger charge is -2.29. The maximum absolute atomic E-state index is 11.9. The van der Waals surface area contributed by atoms with Crippen molar-refractivity contribution in [3.63, 3.8) is 0 Å². The van der Waals surface area contributed by atoms with Gasteiger partial charge < -0.3 is 15.7 Å². The van der Waals surface area contributed by atoms with Crippen molar-refractivity contribution < 1.29 is 14.7 Å². The number of rotatable bonds is 6. The highest BCUT2D eigenvalue weighted by Gasteiger charge is 2.25. The zero-order chi connectivity index (χ0) is 12.9. The maximum atomic E-state index is 11.9. The van der Waals surface area contributed by atoms with Gasteiger partial charge in [0.25, 0.3) is 0 Å². The molecule has 0 aliphatic heterocycles. The number of amides is 1.